The van der Waals surface area contributed by atoms with Gasteiger partial charge in [-0.25, -0.2) is 6.08 Å². The molecule has 1 heterocycles. The summed E-state index contributed by atoms with van der Waals surface area (Å²) in [6.07, 6.45) is 3.75. The predicted octanol–water partition coefficient (Wildman–Crippen LogP) is 2.85. The Morgan fingerprint density at radius 3 is 2.83 bits per heavy atom. The molecule has 1 aromatic carbocycles. The molecule has 18 heavy (non-hydrogen) atoms. The number of amides is 1. The molecule has 1 atom stereocenters. The van der Waals surface area contributed by atoms with E-state index in [9.17, 15) is 9.90 Å². The van der Waals surface area contributed by atoms with Gasteiger partial charge < -0.3 is 10.0 Å². The minimum absolute atomic E-state index is 0. The molecule has 0 bridgehead atoms. The van der Waals surface area contributed by atoms with Gasteiger partial charge in [0.25, 0.3) is 0 Å². The average Bonchev–Trinajstić information content (AvgIpc) is 2.28. The number of hydrogen-bond acceptors (Lipinski definition) is 2. The zero-order chi connectivity index (χ0) is 12.6. The van der Waals surface area contributed by atoms with Crippen LogP contribution >= 0.6 is 34.2 Å². The molecule has 1 N–H and O–H groups in total. The van der Waals surface area contributed by atoms with E-state index in [0.717, 1.165) is 0 Å². The monoisotopic (exact) mass is 451 g/mol. The third-order valence-corrected chi connectivity index (χ3v) is 3.88. The van der Waals surface area contributed by atoms with Gasteiger partial charge in [0.1, 0.15) is 5.75 Å². The first-order chi connectivity index (χ1) is 8.00. The number of aromatic hydroxyl groups is 1. The number of carbonyl (C=O) groups is 1. The third kappa shape index (κ3) is 3.27. The fourth-order valence-corrected chi connectivity index (χ4v) is 2.59. The van der Waals surface area contributed by atoms with Crippen molar-refractivity contribution >= 4 is 45.8 Å². The molecule has 1 unspecified atom stereocenters. The van der Waals surface area contributed by atoms with Crippen LogP contribution in [0.15, 0.2) is 18.2 Å². The molecule has 1 aliphatic rings. The molecule has 0 saturated heterocycles. The van der Waals surface area contributed by atoms with E-state index in [1.165, 1.54) is 6.07 Å². The molecule has 0 spiro atoms. The van der Waals surface area contributed by atoms with Gasteiger partial charge in [0.2, 0.25) is 5.91 Å². The zero-order valence-corrected chi connectivity index (χ0v) is 15.4. The molecule has 0 saturated carbocycles. The molecule has 0 aromatic heterocycles. The van der Waals surface area contributed by atoms with Gasteiger partial charge in [-0.2, -0.15) is 0 Å². The first-order valence-electron chi connectivity index (χ1n) is 5.02. The quantitative estimate of drug-likeness (QED) is 0.405. The van der Waals surface area contributed by atoms with Crippen LogP contribution in [0, 0.1) is 6.08 Å². The zero-order valence-electron chi connectivity index (χ0n) is 9.65. The van der Waals surface area contributed by atoms with E-state index < -0.39 is 0 Å². The standard InChI is InChI=1S/C12H10ClINO2.Y/c1-15-11(5-4-10(14)12(15)17)8-3-2-7(16)6-9(8)13;/h2-3,6,10,16H,4H2,1H3;/q-1;. The van der Waals surface area contributed by atoms with E-state index >= 15 is 0 Å². The van der Waals surface area contributed by atoms with Gasteiger partial charge in [0.05, 0.1) is 3.92 Å². The van der Waals surface area contributed by atoms with Crippen LogP contribution in [0.1, 0.15) is 12.0 Å². The molecule has 1 amide bonds. The van der Waals surface area contributed by atoms with Gasteiger partial charge >= 0.3 is 0 Å². The fraction of sp³-hybridized carbons (Fsp3) is 0.250. The van der Waals surface area contributed by atoms with Crippen molar-refractivity contribution in [2.24, 2.45) is 0 Å². The maximum Gasteiger partial charge on any atom is 0.235 e. The van der Waals surface area contributed by atoms with Crippen molar-refractivity contribution in [2.75, 3.05) is 7.05 Å². The van der Waals surface area contributed by atoms with Crippen molar-refractivity contribution in [3.05, 3.63) is 34.9 Å². The Bertz CT molecular complexity index is 507. The maximum atomic E-state index is 11.9. The van der Waals surface area contributed by atoms with Crippen molar-refractivity contribution in [1.29, 1.82) is 0 Å². The number of benzene rings is 1. The first kappa shape index (κ1) is 16.4. The summed E-state index contributed by atoms with van der Waals surface area (Å²) in [5.41, 5.74) is 1.39. The second-order valence-electron chi connectivity index (χ2n) is 3.76. The molecule has 6 heteroatoms. The smallest absolute Gasteiger partial charge is 0.235 e. The van der Waals surface area contributed by atoms with Crippen LogP contribution in [-0.2, 0) is 37.5 Å². The molecule has 2 rings (SSSR count). The average molecular weight is 451 g/mol. The topological polar surface area (TPSA) is 40.5 Å². The van der Waals surface area contributed by atoms with Crippen molar-refractivity contribution in [1.82, 2.24) is 4.90 Å². The Balaban J connectivity index is 0.00000162. The number of allylic oxidation sites excluding steroid dienone is 1. The second-order valence-corrected chi connectivity index (χ2v) is 5.67. The minimum atomic E-state index is -0.0720. The van der Waals surface area contributed by atoms with Crippen LogP contribution in [0.3, 0.4) is 0 Å². The molecule has 1 aliphatic heterocycles. The summed E-state index contributed by atoms with van der Waals surface area (Å²) in [5.74, 6) is 0.152. The predicted molar refractivity (Wildman–Crippen MR) is 75.0 cm³/mol. The van der Waals surface area contributed by atoms with E-state index in [4.69, 9.17) is 11.6 Å². The van der Waals surface area contributed by atoms with Gasteiger partial charge in [0.15, 0.2) is 0 Å². The van der Waals surface area contributed by atoms with Crippen LogP contribution in [-0.4, -0.2) is 26.9 Å². The molecule has 1 aromatic rings. The number of phenolic OH excluding ortho intramolecular Hbond substituents is 1. The Hall–Kier alpha value is 0.354. The van der Waals surface area contributed by atoms with Gasteiger partial charge in [-0.05, 0) is 17.2 Å². The molecule has 1 radical (unpaired) electrons. The maximum absolute atomic E-state index is 11.9. The summed E-state index contributed by atoms with van der Waals surface area (Å²) in [6.45, 7) is 0. The number of alkyl halides is 1. The van der Waals surface area contributed by atoms with Gasteiger partial charge in [-0.3, -0.25) is 4.79 Å². The van der Waals surface area contributed by atoms with Gasteiger partial charge in [-0.1, -0.05) is 29.0 Å². The Morgan fingerprint density at radius 1 is 1.56 bits per heavy atom. The second kappa shape index (κ2) is 6.68. The van der Waals surface area contributed by atoms with Crippen LogP contribution < -0.4 is 0 Å². The van der Waals surface area contributed by atoms with Crippen LogP contribution in [0.2, 0.25) is 5.02 Å². The largest absolute Gasteiger partial charge is 0.508 e. The number of phenols is 1. The first-order valence-corrected chi connectivity index (χ1v) is 6.64. The van der Waals surface area contributed by atoms with Crippen molar-refractivity contribution < 1.29 is 42.6 Å². The molecular weight excluding hydrogens is 441 g/mol. The summed E-state index contributed by atoms with van der Waals surface area (Å²) in [5, 5.41) is 9.72. The van der Waals surface area contributed by atoms with E-state index in [1.54, 1.807) is 24.1 Å². The van der Waals surface area contributed by atoms with Crippen LogP contribution in [0.25, 0.3) is 5.70 Å². The van der Waals surface area contributed by atoms with E-state index in [1.807, 2.05) is 0 Å². The number of halogens is 2. The minimum Gasteiger partial charge on any atom is -0.508 e. The number of carbonyl (C=O) groups excluding carboxylic acids is 1. The van der Waals surface area contributed by atoms with Crippen molar-refractivity contribution in [2.45, 2.75) is 10.3 Å². The molecule has 3 nitrogen and oxygen atoms in total. The van der Waals surface area contributed by atoms with Gasteiger partial charge in [0, 0.05) is 39.8 Å². The Morgan fingerprint density at radius 2 is 2.22 bits per heavy atom. The summed E-state index contributed by atoms with van der Waals surface area (Å²) < 4.78 is -0.0720. The Labute approximate surface area is 150 Å². The number of rotatable bonds is 1. The Kier molecular flexibility index (Phi) is 6.09. The normalized spacial score (nSPS) is 19.3. The van der Waals surface area contributed by atoms with Crippen LogP contribution in [0.4, 0.5) is 0 Å². The van der Waals surface area contributed by atoms with Gasteiger partial charge in [-0.15, -0.1) is 28.9 Å². The summed E-state index contributed by atoms with van der Waals surface area (Å²) in [6, 6.07) is 4.70. The van der Waals surface area contributed by atoms with E-state index in [0.29, 0.717) is 22.7 Å². The number of hydrogen-bond donors (Lipinski definition) is 1. The molecule has 0 aliphatic carbocycles. The fourth-order valence-electron chi connectivity index (χ4n) is 1.68. The number of nitrogens with zero attached hydrogens (tertiary/aromatic N) is 1. The van der Waals surface area contributed by atoms with E-state index in [2.05, 4.69) is 28.7 Å². The molecule has 0 fully saturated rings. The molecular formula is C12H10ClINO2Y-. The summed E-state index contributed by atoms with van der Waals surface area (Å²) >= 11 is 8.15. The summed E-state index contributed by atoms with van der Waals surface area (Å²) in [7, 11) is 1.71. The van der Waals surface area contributed by atoms with E-state index in [-0.39, 0.29) is 48.3 Å². The van der Waals surface area contributed by atoms with Crippen molar-refractivity contribution in [3.8, 4) is 5.75 Å². The molecule has 93 valence electrons. The van der Waals surface area contributed by atoms with Crippen molar-refractivity contribution in [3.63, 3.8) is 0 Å². The van der Waals surface area contributed by atoms with Crippen LogP contribution in [0.5, 0.6) is 5.75 Å². The SMILES string of the molecule is CN1C(=O)C(I)C[C-]=C1c1ccc(O)cc1Cl.[Y]. The third-order valence-electron chi connectivity index (χ3n) is 2.59. The summed E-state index contributed by atoms with van der Waals surface area (Å²) in [4.78, 5) is 13.4.